The zero-order chi connectivity index (χ0) is 15.5. The van der Waals surface area contributed by atoms with E-state index >= 15 is 0 Å². The van der Waals surface area contributed by atoms with Gasteiger partial charge in [-0.25, -0.2) is 14.4 Å². The van der Waals surface area contributed by atoms with Gasteiger partial charge in [0.15, 0.2) is 0 Å². The molecule has 114 valence electrons. The van der Waals surface area contributed by atoms with E-state index in [1.807, 2.05) is 0 Å². The van der Waals surface area contributed by atoms with Crippen LogP contribution in [-0.2, 0) is 0 Å². The molecule has 0 unspecified atom stereocenters. The third-order valence-electron chi connectivity index (χ3n) is 3.42. The van der Waals surface area contributed by atoms with Gasteiger partial charge in [-0.3, -0.25) is 4.79 Å². The predicted molar refractivity (Wildman–Crippen MR) is 74.8 cm³/mol. The fourth-order valence-corrected chi connectivity index (χ4v) is 2.35. The van der Waals surface area contributed by atoms with Crippen LogP contribution in [-0.4, -0.2) is 51.2 Å². The first-order valence-corrected chi connectivity index (χ1v) is 6.78. The van der Waals surface area contributed by atoms with Crippen molar-refractivity contribution in [3.8, 4) is 5.75 Å². The maximum Gasteiger partial charge on any atom is 0.257 e. The Hall–Kier alpha value is -2.54. The molecule has 0 radical (unpaired) electrons. The number of hydrogen-bond donors (Lipinski definition) is 1. The molecule has 0 spiro atoms. The van der Waals surface area contributed by atoms with Crippen LogP contribution in [0.1, 0.15) is 10.4 Å². The van der Waals surface area contributed by atoms with E-state index in [0.717, 1.165) is 0 Å². The molecule has 7 heteroatoms. The highest BCUT2D eigenvalue weighted by Gasteiger charge is 2.36. The van der Waals surface area contributed by atoms with Crippen LogP contribution in [0.4, 0.5) is 4.39 Å². The molecular formula is C15H14FN3O3. The van der Waals surface area contributed by atoms with Gasteiger partial charge >= 0.3 is 0 Å². The maximum atomic E-state index is 13.1. The van der Waals surface area contributed by atoms with Gasteiger partial charge in [-0.15, -0.1) is 0 Å². The number of carbonyl (C=O) groups is 1. The van der Waals surface area contributed by atoms with Crippen LogP contribution >= 0.6 is 0 Å². The van der Waals surface area contributed by atoms with E-state index in [1.165, 1.54) is 41.8 Å². The van der Waals surface area contributed by atoms with Gasteiger partial charge in [0.25, 0.3) is 5.91 Å². The Balaban J connectivity index is 1.68. The molecule has 1 amide bonds. The summed E-state index contributed by atoms with van der Waals surface area (Å²) < 4.78 is 18.7. The molecule has 1 saturated heterocycles. The van der Waals surface area contributed by atoms with E-state index in [1.54, 1.807) is 6.07 Å². The SMILES string of the molecule is O=C(c1cncnc1)N1C[C@@H](O)[C@H](Oc2cccc(F)c2)C1. The monoisotopic (exact) mass is 303 g/mol. The molecule has 2 aromatic rings. The van der Waals surface area contributed by atoms with Gasteiger partial charge in [-0.2, -0.15) is 0 Å². The van der Waals surface area contributed by atoms with E-state index in [-0.39, 0.29) is 19.0 Å². The molecule has 3 rings (SSSR count). The number of carbonyl (C=O) groups excluding carboxylic acids is 1. The van der Waals surface area contributed by atoms with Gasteiger partial charge in [0.05, 0.1) is 18.7 Å². The Morgan fingerprint density at radius 2 is 2.09 bits per heavy atom. The lowest BCUT2D eigenvalue weighted by molar-refractivity contribution is 0.0728. The summed E-state index contributed by atoms with van der Waals surface area (Å²) in [4.78, 5) is 21.3. The van der Waals surface area contributed by atoms with Crippen molar-refractivity contribution in [1.29, 1.82) is 0 Å². The molecule has 0 aliphatic carbocycles. The van der Waals surface area contributed by atoms with E-state index in [0.29, 0.717) is 11.3 Å². The van der Waals surface area contributed by atoms with E-state index < -0.39 is 18.0 Å². The van der Waals surface area contributed by atoms with Crippen LogP contribution in [0.2, 0.25) is 0 Å². The first-order valence-electron chi connectivity index (χ1n) is 6.78. The fourth-order valence-electron chi connectivity index (χ4n) is 2.35. The van der Waals surface area contributed by atoms with Crippen molar-refractivity contribution in [2.75, 3.05) is 13.1 Å². The number of halogens is 1. The second-order valence-corrected chi connectivity index (χ2v) is 5.02. The highest BCUT2D eigenvalue weighted by Crippen LogP contribution is 2.20. The van der Waals surface area contributed by atoms with Crippen molar-refractivity contribution in [1.82, 2.24) is 14.9 Å². The summed E-state index contributed by atoms with van der Waals surface area (Å²) in [6.45, 7) is 0.360. The lowest BCUT2D eigenvalue weighted by atomic mass is 10.2. The third-order valence-corrected chi connectivity index (χ3v) is 3.42. The van der Waals surface area contributed by atoms with E-state index in [4.69, 9.17) is 4.74 Å². The number of aliphatic hydroxyl groups is 1. The summed E-state index contributed by atoms with van der Waals surface area (Å²) in [7, 11) is 0. The number of ether oxygens (including phenoxy) is 1. The lowest BCUT2D eigenvalue weighted by Gasteiger charge is -2.17. The third kappa shape index (κ3) is 3.04. The smallest absolute Gasteiger partial charge is 0.257 e. The second-order valence-electron chi connectivity index (χ2n) is 5.02. The first kappa shape index (κ1) is 14.4. The largest absolute Gasteiger partial charge is 0.486 e. The van der Waals surface area contributed by atoms with Gasteiger partial charge in [0.1, 0.15) is 30.1 Å². The summed E-state index contributed by atoms with van der Waals surface area (Å²) >= 11 is 0. The van der Waals surface area contributed by atoms with Gasteiger partial charge in [0, 0.05) is 18.5 Å². The molecule has 1 N–H and O–H groups in total. The standard InChI is InChI=1S/C15H14FN3O3/c16-11-2-1-3-12(4-11)22-14-8-19(7-13(14)20)15(21)10-5-17-9-18-6-10/h1-6,9,13-14,20H,7-8H2/t13-,14-/m1/s1. The minimum absolute atomic E-state index is 0.147. The number of aromatic nitrogens is 2. The zero-order valence-corrected chi connectivity index (χ0v) is 11.6. The highest BCUT2D eigenvalue weighted by molar-refractivity contribution is 5.93. The minimum atomic E-state index is -0.836. The topological polar surface area (TPSA) is 75.6 Å². The Morgan fingerprint density at radius 1 is 1.32 bits per heavy atom. The molecule has 1 aromatic heterocycles. The van der Waals surface area contributed by atoms with Gasteiger partial charge < -0.3 is 14.7 Å². The summed E-state index contributed by atoms with van der Waals surface area (Å²) in [6, 6.07) is 5.67. The number of aliphatic hydroxyl groups excluding tert-OH is 1. The van der Waals surface area contributed by atoms with Crippen molar-refractivity contribution >= 4 is 5.91 Å². The van der Waals surface area contributed by atoms with Crippen molar-refractivity contribution in [2.45, 2.75) is 12.2 Å². The predicted octanol–water partition coefficient (Wildman–Crippen LogP) is 0.880. The number of rotatable bonds is 3. The van der Waals surface area contributed by atoms with Crippen molar-refractivity contribution in [2.24, 2.45) is 0 Å². The molecular weight excluding hydrogens is 289 g/mol. The number of likely N-dealkylation sites (tertiary alicyclic amines) is 1. The van der Waals surface area contributed by atoms with E-state index in [2.05, 4.69) is 9.97 Å². The Bertz CT molecular complexity index is 668. The Kier molecular flexibility index (Phi) is 3.97. The molecule has 22 heavy (non-hydrogen) atoms. The van der Waals surface area contributed by atoms with Crippen molar-refractivity contribution < 1.29 is 19.0 Å². The molecule has 2 heterocycles. The number of benzene rings is 1. The summed E-state index contributed by atoms with van der Waals surface area (Å²) in [5.74, 6) is -0.370. The van der Waals surface area contributed by atoms with Crippen LogP contribution in [0, 0.1) is 5.82 Å². The van der Waals surface area contributed by atoms with E-state index in [9.17, 15) is 14.3 Å². The van der Waals surface area contributed by atoms with Gasteiger partial charge in [0.2, 0.25) is 0 Å². The molecule has 1 aliphatic rings. The fraction of sp³-hybridized carbons (Fsp3) is 0.267. The Labute approximate surface area is 126 Å². The zero-order valence-electron chi connectivity index (χ0n) is 11.6. The molecule has 1 aromatic carbocycles. The number of β-amino-alcohol motifs (C(OH)–C–C–N with tert-alkyl or cyclic N) is 1. The summed E-state index contributed by atoms with van der Waals surface area (Å²) in [6.07, 6.45) is 2.74. The maximum absolute atomic E-state index is 13.1. The summed E-state index contributed by atoms with van der Waals surface area (Å²) in [5.41, 5.74) is 0.348. The normalized spacial score (nSPS) is 20.9. The van der Waals surface area contributed by atoms with Crippen molar-refractivity contribution in [3.05, 3.63) is 54.4 Å². The molecule has 1 fully saturated rings. The minimum Gasteiger partial charge on any atom is -0.486 e. The van der Waals surface area contributed by atoms with Gasteiger partial charge in [-0.05, 0) is 12.1 Å². The molecule has 2 atom stereocenters. The average Bonchev–Trinajstić information content (AvgIpc) is 2.88. The molecule has 6 nitrogen and oxygen atoms in total. The van der Waals surface area contributed by atoms with Crippen LogP contribution in [0.25, 0.3) is 0 Å². The highest BCUT2D eigenvalue weighted by atomic mass is 19.1. The lowest BCUT2D eigenvalue weighted by Crippen LogP contribution is -2.31. The number of amides is 1. The van der Waals surface area contributed by atoms with Crippen molar-refractivity contribution in [3.63, 3.8) is 0 Å². The van der Waals surface area contributed by atoms with Crippen LogP contribution < -0.4 is 4.74 Å². The quantitative estimate of drug-likeness (QED) is 0.911. The first-order chi connectivity index (χ1) is 10.6. The van der Waals surface area contributed by atoms with Crippen LogP contribution in [0.15, 0.2) is 43.0 Å². The van der Waals surface area contributed by atoms with Gasteiger partial charge in [-0.1, -0.05) is 6.07 Å². The number of hydrogen-bond acceptors (Lipinski definition) is 5. The van der Waals surface area contributed by atoms with Crippen LogP contribution in [0.3, 0.4) is 0 Å². The summed E-state index contributed by atoms with van der Waals surface area (Å²) in [5, 5.41) is 10.0. The molecule has 0 saturated carbocycles. The second kappa shape index (κ2) is 6.07. The van der Waals surface area contributed by atoms with Crippen LogP contribution in [0.5, 0.6) is 5.75 Å². The molecule has 1 aliphatic heterocycles. The number of nitrogens with zero attached hydrogens (tertiary/aromatic N) is 3. The average molecular weight is 303 g/mol. The Morgan fingerprint density at radius 3 is 2.82 bits per heavy atom. The molecule has 0 bridgehead atoms.